The van der Waals surface area contributed by atoms with Crippen molar-refractivity contribution in [2.75, 3.05) is 19.0 Å². The van der Waals surface area contributed by atoms with Crippen LogP contribution in [-0.4, -0.2) is 51.8 Å². The molecule has 1 amide bonds. The minimum atomic E-state index is -0.0824. The Kier molecular flexibility index (Phi) is 3.69. The zero-order chi connectivity index (χ0) is 12.4. The van der Waals surface area contributed by atoms with Crippen LogP contribution in [-0.2, 0) is 11.8 Å². The number of carbonyl (C=O) groups excluding carboxylic acids is 1. The van der Waals surface area contributed by atoms with E-state index in [1.807, 2.05) is 6.92 Å². The fourth-order valence-electron chi connectivity index (χ4n) is 2.01. The minimum Gasteiger partial charge on any atom is -0.370 e. The van der Waals surface area contributed by atoms with E-state index in [0.29, 0.717) is 24.5 Å². The quantitative estimate of drug-likeness (QED) is 0.740. The van der Waals surface area contributed by atoms with E-state index in [2.05, 4.69) is 5.10 Å². The van der Waals surface area contributed by atoms with Crippen molar-refractivity contribution in [1.82, 2.24) is 14.7 Å². The number of carbonyl (C=O) groups is 1. The van der Waals surface area contributed by atoms with E-state index >= 15 is 0 Å². The number of nitrogens with zero attached hydrogens (tertiary/aromatic N) is 3. The van der Waals surface area contributed by atoms with Crippen molar-refractivity contribution >= 4 is 17.5 Å². The normalized spacial score (nSPS) is 25.0. The van der Waals surface area contributed by atoms with E-state index in [1.165, 1.54) is 0 Å². The van der Waals surface area contributed by atoms with Gasteiger partial charge in [-0.05, 0) is 6.92 Å². The molecule has 1 aromatic rings. The molecule has 5 nitrogen and oxygen atoms in total. The Bertz CT molecular complexity index is 407. The largest absolute Gasteiger partial charge is 0.370 e. The van der Waals surface area contributed by atoms with Crippen molar-refractivity contribution in [3.8, 4) is 0 Å². The molecule has 2 heterocycles. The van der Waals surface area contributed by atoms with E-state index in [4.69, 9.17) is 16.3 Å². The molecule has 6 heteroatoms. The summed E-state index contributed by atoms with van der Waals surface area (Å²) in [5, 5.41) is 4.00. The molecular weight excluding hydrogens is 242 g/mol. The van der Waals surface area contributed by atoms with Gasteiger partial charge in [0.25, 0.3) is 5.91 Å². The van der Waals surface area contributed by atoms with Gasteiger partial charge in [-0.15, -0.1) is 11.6 Å². The Hall–Kier alpha value is -1.07. The molecule has 0 spiro atoms. The summed E-state index contributed by atoms with van der Waals surface area (Å²) < 4.78 is 7.23. The number of morpholine rings is 1. The molecule has 0 N–H and O–H groups in total. The first-order valence-electron chi connectivity index (χ1n) is 5.59. The highest BCUT2D eigenvalue weighted by molar-refractivity contribution is 6.18. The molecular formula is C11H16ClN3O2. The highest BCUT2D eigenvalue weighted by Gasteiger charge is 2.28. The summed E-state index contributed by atoms with van der Waals surface area (Å²) in [6.07, 6.45) is 3.24. The Labute approximate surface area is 105 Å². The first-order chi connectivity index (χ1) is 8.10. The molecule has 0 radical (unpaired) electrons. The zero-order valence-electron chi connectivity index (χ0n) is 9.97. The Morgan fingerprint density at radius 2 is 2.41 bits per heavy atom. The van der Waals surface area contributed by atoms with Crippen molar-refractivity contribution in [1.29, 1.82) is 0 Å². The third-order valence-corrected chi connectivity index (χ3v) is 3.08. The van der Waals surface area contributed by atoms with Crippen LogP contribution in [0, 0.1) is 0 Å². The number of alkyl halides is 1. The number of hydrogen-bond acceptors (Lipinski definition) is 3. The molecule has 94 valence electrons. The van der Waals surface area contributed by atoms with Gasteiger partial charge in [0, 0.05) is 26.3 Å². The van der Waals surface area contributed by atoms with Gasteiger partial charge >= 0.3 is 0 Å². The molecule has 0 saturated carbocycles. The monoisotopic (exact) mass is 257 g/mol. The lowest BCUT2D eigenvalue weighted by Crippen LogP contribution is -2.49. The molecule has 1 aromatic heterocycles. The molecule has 2 atom stereocenters. The van der Waals surface area contributed by atoms with Gasteiger partial charge in [0.1, 0.15) is 0 Å². The Morgan fingerprint density at radius 1 is 1.65 bits per heavy atom. The smallest absolute Gasteiger partial charge is 0.257 e. The second-order valence-electron chi connectivity index (χ2n) is 4.34. The summed E-state index contributed by atoms with van der Waals surface area (Å²) in [6, 6.07) is 0. The summed E-state index contributed by atoms with van der Waals surface area (Å²) in [5.41, 5.74) is 0.606. The number of halogens is 1. The maximum atomic E-state index is 12.2. The van der Waals surface area contributed by atoms with Crippen LogP contribution in [0.2, 0.25) is 0 Å². The van der Waals surface area contributed by atoms with Gasteiger partial charge in [0.05, 0.1) is 29.8 Å². The maximum absolute atomic E-state index is 12.2. The lowest BCUT2D eigenvalue weighted by Gasteiger charge is -2.35. The molecule has 2 unspecified atom stereocenters. The van der Waals surface area contributed by atoms with Crippen LogP contribution in [0.1, 0.15) is 17.3 Å². The minimum absolute atomic E-state index is 0.0108. The molecule has 0 aromatic carbocycles. The van der Waals surface area contributed by atoms with Gasteiger partial charge < -0.3 is 9.64 Å². The van der Waals surface area contributed by atoms with E-state index in [9.17, 15) is 4.79 Å². The van der Waals surface area contributed by atoms with Gasteiger partial charge in [0.2, 0.25) is 0 Å². The average Bonchev–Trinajstić information content (AvgIpc) is 2.74. The number of ether oxygens (including phenoxy) is 1. The van der Waals surface area contributed by atoms with Crippen LogP contribution in [0.3, 0.4) is 0 Å². The van der Waals surface area contributed by atoms with Crippen molar-refractivity contribution in [2.24, 2.45) is 7.05 Å². The first-order valence-corrected chi connectivity index (χ1v) is 6.13. The predicted molar refractivity (Wildman–Crippen MR) is 64.2 cm³/mol. The van der Waals surface area contributed by atoms with Crippen molar-refractivity contribution in [3.05, 3.63) is 18.0 Å². The summed E-state index contributed by atoms with van der Waals surface area (Å²) >= 11 is 5.79. The molecule has 1 fully saturated rings. The lowest BCUT2D eigenvalue weighted by molar-refractivity contribution is -0.0570. The molecule has 1 saturated heterocycles. The molecule has 1 aliphatic rings. The average molecular weight is 258 g/mol. The van der Waals surface area contributed by atoms with Crippen LogP contribution >= 0.6 is 11.6 Å². The number of amides is 1. The Balaban J connectivity index is 2.08. The highest BCUT2D eigenvalue weighted by Crippen LogP contribution is 2.15. The molecule has 0 bridgehead atoms. The molecule has 1 aliphatic heterocycles. The number of rotatable bonds is 2. The second-order valence-corrected chi connectivity index (χ2v) is 4.64. The third kappa shape index (κ3) is 2.79. The molecule has 17 heavy (non-hydrogen) atoms. The highest BCUT2D eigenvalue weighted by atomic mass is 35.5. The van der Waals surface area contributed by atoms with Crippen LogP contribution in [0.5, 0.6) is 0 Å². The number of aryl methyl sites for hydroxylation is 1. The predicted octanol–water partition coefficient (Wildman–Crippen LogP) is 0.888. The van der Waals surface area contributed by atoms with Crippen LogP contribution < -0.4 is 0 Å². The second kappa shape index (κ2) is 5.06. The van der Waals surface area contributed by atoms with Crippen LogP contribution in [0.15, 0.2) is 12.4 Å². The van der Waals surface area contributed by atoms with Gasteiger partial charge in [-0.25, -0.2) is 0 Å². The summed E-state index contributed by atoms with van der Waals surface area (Å²) in [7, 11) is 1.79. The van der Waals surface area contributed by atoms with E-state index in [0.717, 1.165) is 0 Å². The number of hydrogen-bond donors (Lipinski definition) is 0. The van der Waals surface area contributed by atoms with Crippen molar-refractivity contribution in [2.45, 2.75) is 19.1 Å². The fraction of sp³-hybridized carbons (Fsp3) is 0.636. The molecule has 2 rings (SSSR count). The van der Waals surface area contributed by atoms with E-state index < -0.39 is 0 Å². The standard InChI is InChI=1S/C11H16ClN3O2/c1-8-5-15(7-10(3-12)17-8)11(16)9-4-13-14(2)6-9/h4,6,8,10H,3,5,7H2,1-2H3. The number of aromatic nitrogens is 2. The van der Waals surface area contributed by atoms with Gasteiger partial charge in [0.15, 0.2) is 0 Å². The van der Waals surface area contributed by atoms with Gasteiger partial charge in [-0.3, -0.25) is 9.48 Å². The maximum Gasteiger partial charge on any atom is 0.257 e. The summed E-state index contributed by atoms with van der Waals surface area (Å²) in [6.45, 7) is 3.09. The summed E-state index contributed by atoms with van der Waals surface area (Å²) in [4.78, 5) is 14.0. The first kappa shape index (κ1) is 12.4. The van der Waals surface area contributed by atoms with Crippen LogP contribution in [0.25, 0.3) is 0 Å². The van der Waals surface area contributed by atoms with Crippen LogP contribution in [0.4, 0.5) is 0 Å². The summed E-state index contributed by atoms with van der Waals surface area (Å²) in [5.74, 6) is 0.393. The van der Waals surface area contributed by atoms with E-state index in [-0.39, 0.29) is 18.1 Å². The van der Waals surface area contributed by atoms with Crippen molar-refractivity contribution < 1.29 is 9.53 Å². The third-order valence-electron chi connectivity index (χ3n) is 2.74. The molecule has 0 aliphatic carbocycles. The van der Waals surface area contributed by atoms with E-state index in [1.54, 1.807) is 29.0 Å². The fourth-order valence-corrected chi connectivity index (χ4v) is 2.18. The van der Waals surface area contributed by atoms with Crippen molar-refractivity contribution in [3.63, 3.8) is 0 Å². The lowest BCUT2D eigenvalue weighted by atomic mass is 10.2. The van der Waals surface area contributed by atoms with Gasteiger partial charge in [-0.2, -0.15) is 5.10 Å². The van der Waals surface area contributed by atoms with Gasteiger partial charge in [-0.1, -0.05) is 0 Å². The SMILES string of the molecule is CC1CN(C(=O)c2cnn(C)c2)CC(CCl)O1. The topological polar surface area (TPSA) is 47.4 Å². The zero-order valence-corrected chi connectivity index (χ0v) is 10.7. The Morgan fingerprint density at radius 3 is 3.00 bits per heavy atom.